The molecule has 0 bridgehead atoms. The molecule has 132 valence electrons. The summed E-state index contributed by atoms with van der Waals surface area (Å²) in [7, 11) is 3.33. The minimum Gasteiger partial charge on any atom is -0.496 e. The fraction of sp³-hybridized carbons (Fsp3) is 0.235. The van der Waals surface area contributed by atoms with Crippen LogP contribution in [0.2, 0.25) is 5.02 Å². The molecule has 0 aliphatic heterocycles. The average Bonchev–Trinajstić information content (AvgIpc) is 2.55. The minimum atomic E-state index is -0.532. The first kappa shape index (κ1) is 18.7. The maximum atomic E-state index is 12.2. The third-order valence-corrected chi connectivity index (χ3v) is 3.71. The van der Waals surface area contributed by atoms with Gasteiger partial charge in [0.1, 0.15) is 11.4 Å². The van der Waals surface area contributed by atoms with Crippen molar-refractivity contribution in [2.24, 2.45) is 0 Å². The second kappa shape index (κ2) is 8.46. The Bertz CT molecular complexity index is 782. The number of benzene rings is 2. The van der Waals surface area contributed by atoms with Crippen LogP contribution in [0.1, 0.15) is 5.56 Å². The van der Waals surface area contributed by atoms with Crippen molar-refractivity contribution in [3.63, 3.8) is 0 Å². The van der Waals surface area contributed by atoms with Gasteiger partial charge in [-0.05, 0) is 31.3 Å². The predicted molar refractivity (Wildman–Crippen MR) is 96.1 cm³/mol. The number of amides is 1. The van der Waals surface area contributed by atoms with E-state index in [1.807, 2.05) is 0 Å². The van der Waals surface area contributed by atoms with Gasteiger partial charge in [0.05, 0.1) is 18.6 Å². The molecule has 2 aromatic carbocycles. The van der Waals surface area contributed by atoms with Crippen LogP contribution in [0.5, 0.6) is 5.75 Å². The van der Waals surface area contributed by atoms with Crippen LogP contribution in [0.25, 0.3) is 0 Å². The number of nitrogens with one attached hydrogen (secondary N) is 1. The van der Waals surface area contributed by atoms with E-state index in [1.165, 1.54) is 12.1 Å². The van der Waals surface area contributed by atoms with E-state index in [4.69, 9.17) is 16.3 Å². The number of halogens is 1. The number of para-hydroxylation sites is 2. The fourth-order valence-electron chi connectivity index (χ4n) is 2.39. The number of hydrogen-bond donors (Lipinski definition) is 1. The SMILES string of the molecule is COc1ccc(Cl)cc1CN(C)CC(=O)Nc1ccccc1[N+](=O)[O-]. The van der Waals surface area contributed by atoms with Crippen LogP contribution < -0.4 is 10.1 Å². The molecule has 0 spiro atoms. The summed E-state index contributed by atoms with van der Waals surface area (Å²) in [4.78, 5) is 24.4. The lowest BCUT2D eigenvalue weighted by atomic mass is 10.2. The van der Waals surface area contributed by atoms with Crippen LogP contribution in [0, 0.1) is 10.1 Å². The summed E-state index contributed by atoms with van der Waals surface area (Å²) in [5.74, 6) is 0.327. The summed E-state index contributed by atoms with van der Waals surface area (Å²) in [5.41, 5.74) is 0.872. The number of nitro benzene ring substituents is 1. The number of rotatable bonds is 7. The lowest BCUT2D eigenvalue weighted by Gasteiger charge is -2.18. The molecule has 2 aromatic rings. The number of carbonyl (C=O) groups is 1. The first-order chi connectivity index (χ1) is 11.9. The van der Waals surface area contributed by atoms with Gasteiger partial charge in [-0.1, -0.05) is 23.7 Å². The Morgan fingerprint density at radius 3 is 2.72 bits per heavy atom. The Kier molecular flexibility index (Phi) is 6.32. The highest BCUT2D eigenvalue weighted by atomic mass is 35.5. The Balaban J connectivity index is 2.02. The van der Waals surface area contributed by atoms with Gasteiger partial charge in [0, 0.05) is 23.2 Å². The molecule has 0 atom stereocenters. The molecule has 0 heterocycles. The van der Waals surface area contributed by atoms with Gasteiger partial charge in [-0.25, -0.2) is 0 Å². The number of hydrogen-bond acceptors (Lipinski definition) is 5. The summed E-state index contributed by atoms with van der Waals surface area (Å²) in [5, 5.41) is 14.1. The van der Waals surface area contributed by atoms with E-state index in [9.17, 15) is 14.9 Å². The highest BCUT2D eigenvalue weighted by Crippen LogP contribution is 2.24. The van der Waals surface area contributed by atoms with Gasteiger partial charge in [0.15, 0.2) is 0 Å². The molecule has 1 N–H and O–H groups in total. The number of likely N-dealkylation sites (N-methyl/N-ethyl adjacent to an activating group) is 1. The zero-order valence-corrected chi connectivity index (χ0v) is 14.6. The van der Waals surface area contributed by atoms with Gasteiger partial charge in [0.2, 0.25) is 5.91 Å². The average molecular weight is 364 g/mol. The van der Waals surface area contributed by atoms with E-state index >= 15 is 0 Å². The van der Waals surface area contributed by atoms with Crippen molar-refractivity contribution < 1.29 is 14.5 Å². The quantitative estimate of drug-likeness (QED) is 0.602. The van der Waals surface area contributed by atoms with Crippen molar-refractivity contribution in [1.82, 2.24) is 4.90 Å². The zero-order valence-electron chi connectivity index (χ0n) is 13.9. The topological polar surface area (TPSA) is 84.7 Å². The molecule has 2 rings (SSSR count). The van der Waals surface area contributed by atoms with Crippen LogP contribution in [-0.4, -0.2) is 36.4 Å². The molecule has 0 saturated carbocycles. The Morgan fingerprint density at radius 2 is 2.04 bits per heavy atom. The molecule has 0 aliphatic rings. The number of ether oxygens (including phenoxy) is 1. The maximum absolute atomic E-state index is 12.2. The van der Waals surface area contributed by atoms with E-state index in [0.29, 0.717) is 17.3 Å². The highest BCUT2D eigenvalue weighted by Gasteiger charge is 2.16. The molecule has 0 saturated heterocycles. The number of nitro groups is 1. The Labute approximate surface area is 150 Å². The fourth-order valence-corrected chi connectivity index (χ4v) is 2.59. The molecule has 7 nitrogen and oxygen atoms in total. The van der Waals surface area contributed by atoms with Crippen LogP contribution >= 0.6 is 11.6 Å². The Morgan fingerprint density at radius 1 is 1.32 bits per heavy atom. The van der Waals surface area contributed by atoms with E-state index in [2.05, 4.69) is 5.32 Å². The minimum absolute atomic E-state index is 0.0573. The van der Waals surface area contributed by atoms with E-state index in [1.54, 1.807) is 49.4 Å². The van der Waals surface area contributed by atoms with Crippen molar-refractivity contribution in [2.45, 2.75) is 6.54 Å². The van der Waals surface area contributed by atoms with Gasteiger partial charge in [-0.2, -0.15) is 0 Å². The van der Waals surface area contributed by atoms with Crippen molar-refractivity contribution in [2.75, 3.05) is 26.0 Å². The number of anilines is 1. The normalized spacial score (nSPS) is 10.6. The predicted octanol–water partition coefficient (Wildman–Crippen LogP) is 3.33. The third kappa shape index (κ3) is 5.17. The summed E-state index contributed by atoms with van der Waals surface area (Å²) < 4.78 is 5.28. The van der Waals surface area contributed by atoms with Gasteiger partial charge < -0.3 is 10.1 Å². The molecule has 0 radical (unpaired) electrons. The van der Waals surface area contributed by atoms with Gasteiger partial charge in [-0.3, -0.25) is 19.8 Å². The monoisotopic (exact) mass is 363 g/mol. The maximum Gasteiger partial charge on any atom is 0.292 e. The van der Waals surface area contributed by atoms with Crippen molar-refractivity contribution in [3.8, 4) is 5.75 Å². The second-order valence-corrected chi connectivity index (χ2v) is 5.89. The number of methoxy groups -OCH3 is 1. The van der Waals surface area contributed by atoms with E-state index in [0.717, 1.165) is 5.56 Å². The largest absolute Gasteiger partial charge is 0.496 e. The van der Waals surface area contributed by atoms with E-state index < -0.39 is 4.92 Å². The molecular weight excluding hydrogens is 346 g/mol. The molecule has 0 unspecified atom stereocenters. The van der Waals surface area contributed by atoms with Crippen molar-refractivity contribution >= 4 is 28.9 Å². The summed E-state index contributed by atoms with van der Waals surface area (Å²) in [6.07, 6.45) is 0. The van der Waals surface area contributed by atoms with Gasteiger partial charge in [-0.15, -0.1) is 0 Å². The van der Waals surface area contributed by atoms with Crippen molar-refractivity contribution in [1.29, 1.82) is 0 Å². The summed E-state index contributed by atoms with van der Waals surface area (Å²) in [6.45, 7) is 0.496. The van der Waals surface area contributed by atoms with Crippen LogP contribution in [0.3, 0.4) is 0 Å². The number of nitrogens with zero attached hydrogens (tertiary/aromatic N) is 2. The second-order valence-electron chi connectivity index (χ2n) is 5.45. The summed E-state index contributed by atoms with van der Waals surface area (Å²) in [6, 6.07) is 11.3. The molecule has 0 aliphatic carbocycles. The highest BCUT2D eigenvalue weighted by molar-refractivity contribution is 6.30. The molecular formula is C17H18ClN3O4. The van der Waals surface area contributed by atoms with Crippen LogP contribution in [0.15, 0.2) is 42.5 Å². The molecule has 25 heavy (non-hydrogen) atoms. The number of carbonyl (C=O) groups excluding carboxylic acids is 1. The molecule has 1 amide bonds. The lowest BCUT2D eigenvalue weighted by molar-refractivity contribution is -0.383. The Hall–Kier alpha value is -2.64. The van der Waals surface area contributed by atoms with E-state index in [-0.39, 0.29) is 23.8 Å². The standard InChI is InChI=1S/C17H18ClN3O4/c1-20(10-12-9-13(18)7-8-16(12)25-2)11-17(22)19-14-5-3-4-6-15(14)21(23)24/h3-9H,10-11H2,1-2H3,(H,19,22). The lowest BCUT2D eigenvalue weighted by Crippen LogP contribution is -2.30. The smallest absolute Gasteiger partial charge is 0.292 e. The molecule has 0 fully saturated rings. The zero-order chi connectivity index (χ0) is 18.4. The van der Waals surface area contributed by atoms with Crippen LogP contribution in [0.4, 0.5) is 11.4 Å². The van der Waals surface area contributed by atoms with Gasteiger partial charge >= 0.3 is 0 Å². The first-order valence-corrected chi connectivity index (χ1v) is 7.82. The van der Waals surface area contributed by atoms with Crippen molar-refractivity contribution in [3.05, 3.63) is 63.2 Å². The van der Waals surface area contributed by atoms with Crippen LogP contribution in [-0.2, 0) is 11.3 Å². The molecule has 8 heteroatoms. The molecule has 0 aromatic heterocycles. The third-order valence-electron chi connectivity index (χ3n) is 3.47. The summed E-state index contributed by atoms with van der Waals surface area (Å²) >= 11 is 6.00. The van der Waals surface area contributed by atoms with Gasteiger partial charge in [0.25, 0.3) is 5.69 Å². The first-order valence-electron chi connectivity index (χ1n) is 7.45.